The van der Waals surface area contributed by atoms with E-state index in [2.05, 4.69) is 28.5 Å². The van der Waals surface area contributed by atoms with E-state index in [1.165, 1.54) is 0 Å². The van der Waals surface area contributed by atoms with Crippen molar-refractivity contribution in [2.45, 2.75) is 17.3 Å². The fourth-order valence-electron chi connectivity index (χ4n) is 2.96. The Hall–Kier alpha value is -3.38. The lowest BCUT2D eigenvalue weighted by Crippen LogP contribution is -2.11. The second kappa shape index (κ2) is 8.75. The number of hydrogen-bond donors (Lipinski definition) is 1. The van der Waals surface area contributed by atoms with Crippen LogP contribution in [-0.4, -0.2) is 20.7 Å². The van der Waals surface area contributed by atoms with Gasteiger partial charge in [0.25, 0.3) is 5.91 Å². The van der Waals surface area contributed by atoms with Crippen molar-refractivity contribution in [1.29, 1.82) is 0 Å². The van der Waals surface area contributed by atoms with Crippen LogP contribution in [0, 0.1) is 0 Å². The first-order valence-electron chi connectivity index (χ1n) is 9.29. The summed E-state index contributed by atoms with van der Waals surface area (Å²) in [6.07, 6.45) is 1.72. The molecule has 0 saturated carbocycles. The van der Waals surface area contributed by atoms with E-state index in [1.54, 1.807) is 30.2 Å². The Morgan fingerprint density at radius 3 is 2.45 bits per heavy atom. The van der Waals surface area contributed by atoms with Crippen LogP contribution in [0.2, 0.25) is 0 Å². The zero-order valence-corrected chi connectivity index (χ0v) is 16.7. The first-order valence-corrected chi connectivity index (χ1v) is 10.2. The summed E-state index contributed by atoms with van der Waals surface area (Å²) in [7, 11) is 0. The molecular weight excluding hydrogens is 380 g/mol. The highest BCUT2D eigenvalue weighted by Crippen LogP contribution is 2.35. The average molecular weight is 401 g/mol. The summed E-state index contributed by atoms with van der Waals surface area (Å²) in [4.78, 5) is 12.4. The topological polar surface area (TPSA) is 59.8 Å². The Morgan fingerprint density at radius 1 is 0.966 bits per heavy atom. The molecule has 0 aliphatic heterocycles. The first kappa shape index (κ1) is 19.0. The molecule has 1 atom stereocenters. The highest BCUT2D eigenvalue weighted by Gasteiger charge is 2.14. The molecular formula is C23H20N4OS. The molecule has 29 heavy (non-hydrogen) atoms. The van der Waals surface area contributed by atoms with Crippen molar-refractivity contribution >= 4 is 23.4 Å². The molecule has 0 spiro atoms. The number of benzene rings is 3. The third-order valence-corrected chi connectivity index (χ3v) is 5.60. The number of hydrogen-bond acceptors (Lipinski definition) is 4. The minimum Gasteiger partial charge on any atom is -0.322 e. The lowest BCUT2D eigenvalue weighted by atomic mass is 10.1. The fourth-order valence-corrected chi connectivity index (χ4v) is 3.92. The molecule has 1 N–H and O–H groups in total. The summed E-state index contributed by atoms with van der Waals surface area (Å²) in [5.41, 5.74) is 3.53. The third kappa shape index (κ3) is 4.55. The monoisotopic (exact) mass is 400 g/mol. The van der Waals surface area contributed by atoms with Crippen LogP contribution < -0.4 is 5.32 Å². The number of carbonyl (C=O) groups excluding carboxylic acids is 1. The second-order valence-electron chi connectivity index (χ2n) is 6.52. The molecule has 0 bridgehead atoms. The molecule has 144 valence electrons. The maximum Gasteiger partial charge on any atom is 0.255 e. The Balaban J connectivity index is 1.49. The normalized spacial score (nSPS) is 11.8. The number of aromatic nitrogens is 3. The smallest absolute Gasteiger partial charge is 0.255 e. The number of anilines is 1. The molecule has 6 heteroatoms. The van der Waals surface area contributed by atoms with Gasteiger partial charge in [0.1, 0.15) is 6.33 Å². The Labute approximate surface area is 173 Å². The largest absolute Gasteiger partial charge is 0.322 e. The van der Waals surface area contributed by atoms with Gasteiger partial charge in [-0.15, -0.1) is 10.2 Å². The van der Waals surface area contributed by atoms with Gasteiger partial charge in [0.2, 0.25) is 0 Å². The van der Waals surface area contributed by atoms with Gasteiger partial charge < -0.3 is 5.32 Å². The van der Waals surface area contributed by atoms with Crippen LogP contribution in [0.5, 0.6) is 0 Å². The van der Waals surface area contributed by atoms with Crippen LogP contribution >= 0.6 is 11.8 Å². The molecule has 4 aromatic rings. The van der Waals surface area contributed by atoms with Crippen molar-refractivity contribution in [2.75, 3.05) is 5.32 Å². The number of thioether (sulfide) groups is 1. The molecule has 3 aromatic carbocycles. The predicted molar refractivity (Wildman–Crippen MR) is 116 cm³/mol. The summed E-state index contributed by atoms with van der Waals surface area (Å²) in [5.74, 6) is -0.119. The van der Waals surface area contributed by atoms with Crippen molar-refractivity contribution in [3.05, 3.63) is 102 Å². The summed E-state index contributed by atoms with van der Waals surface area (Å²) in [6.45, 7) is 2.12. The molecule has 1 heterocycles. The number of para-hydroxylation sites is 1. The average Bonchev–Trinajstić information content (AvgIpc) is 3.23. The number of nitrogens with one attached hydrogen (secondary N) is 1. The van der Waals surface area contributed by atoms with Crippen molar-refractivity contribution < 1.29 is 4.79 Å². The van der Waals surface area contributed by atoms with E-state index < -0.39 is 0 Å². The van der Waals surface area contributed by atoms with E-state index >= 15 is 0 Å². The van der Waals surface area contributed by atoms with Crippen LogP contribution in [0.25, 0.3) is 5.69 Å². The summed E-state index contributed by atoms with van der Waals surface area (Å²) >= 11 is 1.63. The molecule has 0 aliphatic rings. The van der Waals surface area contributed by atoms with E-state index in [9.17, 15) is 4.79 Å². The van der Waals surface area contributed by atoms with Gasteiger partial charge in [-0.05, 0) is 48.9 Å². The van der Waals surface area contributed by atoms with Gasteiger partial charge in [-0.3, -0.25) is 9.36 Å². The van der Waals surface area contributed by atoms with Gasteiger partial charge in [-0.2, -0.15) is 0 Å². The van der Waals surface area contributed by atoms with Gasteiger partial charge in [0.05, 0.1) is 0 Å². The number of nitrogens with zero attached hydrogens (tertiary/aromatic N) is 3. The van der Waals surface area contributed by atoms with Crippen LogP contribution in [-0.2, 0) is 0 Å². The van der Waals surface area contributed by atoms with Crippen molar-refractivity contribution in [1.82, 2.24) is 14.8 Å². The van der Waals surface area contributed by atoms with E-state index in [4.69, 9.17) is 0 Å². The number of amides is 1. The molecule has 0 saturated heterocycles. The zero-order chi connectivity index (χ0) is 20.1. The van der Waals surface area contributed by atoms with Gasteiger partial charge >= 0.3 is 0 Å². The third-order valence-electron chi connectivity index (χ3n) is 4.48. The Morgan fingerprint density at radius 2 is 1.69 bits per heavy atom. The van der Waals surface area contributed by atoms with Gasteiger partial charge in [0.15, 0.2) is 5.16 Å². The van der Waals surface area contributed by atoms with Crippen molar-refractivity contribution in [2.24, 2.45) is 0 Å². The SMILES string of the molecule is CC(Sc1nncn1-c1ccccc1)c1cccc(NC(=O)c2ccccc2)c1. The quantitative estimate of drug-likeness (QED) is 0.442. The van der Waals surface area contributed by atoms with Gasteiger partial charge in [-0.1, -0.05) is 60.3 Å². The lowest BCUT2D eigenvalue weighted by Gasteiger charge is -2.14. The van der Waals surface area contributed by atoms with Gasteiger partial charge in [-0.25, -0.2) is 0 Å². The maximum atomic E-state index is 12.4. The highest BCUT2D eigenvalue weighted by molar-refractivity contribution is 7.99. The minimum absolute atomic E-state index is 0.119. The second-order valence-corrected chi connectivity index (χ2v) is 7.83. The first-order chi connectivity index (χ1) is 14.2. The van der Waals surface area contributed by atoms with Crippen LogP contribution in [0.4, 0.5) is 5.69 Å². The van der Waals surface area contributed by atoms with E-state index in [1.807, 2.05) is 71.3 Å². The van der Waals surface area contributed by atoms with E-state index in [0.29, 0.717) is 5.56 Å². The molecule has 0 fully saturated rings. The lowest BCUT2D eigenvalue weighted by molar-refractivity contribution is 0.102. The van der Waals surface area contributed by atoms with E-state index in [0.717, 1.165) is 22.1 Å². The Bertz CT molecular complexity index is 1100. The fraction of sp³-hybridized carbons (Fsp3) is 0.0870. The summed E-state index contributed by atoms with van der Waals surface area (Å²) in [5, 5.41) is 12.3. The minimum atomic E-state index is -0.119. The molecule has 1 amide bonds. The van der Waals surface area contributed by atoms with Crippen molar-refractivity contribution in [3.8, 4) is 5.69 Å². The van der Waals surface area contributed by atoms with Crippen molar-refractivity contribution in [3.63, 3.8) is 0 Å². The summed E-state index contributed by atoms with van der Waals surface area (Å²) in [6, 6.07) is 27.1. The molecule has 0 radical (unpaired) electrons. The molecule has 4 rings (SSSR count). The van der Waals surface area contributed by atoms with E-state index in [-0.39, 0.29) is 11.2 Å². The summed E-state index contributed by atoms with van der Waals surface area (Å²) < 4.78 is 1.97. The van der Waals surface area contributed by atoms with Crippen LogP contribution in [0.1, 0.15) is 28.1 Å². The maximum absolute atomic E-state index is 12.4. The zero-order valence-electron chi connectivity index (χ0n) is 15.9. The standard InChI is InChI=1S/C23H20N4OS/c1-17(29-23-26-24-16-27(23)21-13-6-3-7-14-21)19-11-8-12-20(15-19)25-22(28)18-9-4-2-5-10-18/h2-17H,1H3,(H,25,28). The molecule has 1 aromatic heterocycles. The predicted octanol–water partition coefficient (Wildman–Crippen LogP) is 5.37. The molecule has 0 aliphatic carbocycles. The Kier molecular flexibility index (Phi) is 5.72. The number of rotatable bonds is 6. The molecule has 1 unspecified atom stereocenters. The van der Waals surface area contributed by atoms with Gasteiger partial charge in [0, 0.05) is 22.2 Å². The highest BCUT2D eigenvalue weighted by atomic mass is 32.2. The van der Waals surface area contributed by atoms with Crippen LogP contribution in [0.15, 0.2) is 96.4 Å². The number of carbonyl (C=O) groups is 1. The van der Waals surface area contributed by atoms with Crippen LogP contribution in [0.3, 0.4) is 0 Å². The molecule has 5 nitrogen and oxygen atoms in total.